The van der Waals surface area contributed by atoms with Crippen molar-refractivity contribution in [2.75, 3.05) is 20.3 Å². The molecule has 0 aliphatic heterocycles. The fourth-order valence-corrected chi connectivity index (χ4v) is 1.29. The SMILES string of the molecule is CNCc1ccc([N+](=O)[O-])c(OCCF)c1. The van der Waals surface area contributed by atoms with Gasteiger partial charge in [0.1, 0.15) is 13.3 Å². The average molecular weight is 228 g/mol. The molecule has 5 nitrogen and oxygen atoms in total. The first-order valence-corrected chi connectivity index (χ1v) is 4.79. The molecule has 0 amide bonds. The van der Waals surface area contributed by atoms with Crippen LogP contribution >= 0.6 is 0 Å². The Hall–Kier alpha value is -1.69. The van der Waals surface area contributed by atoms with E-state index in [2.05, 4.69) is 5.32 Å². The van der Waals surface area contributed by atoms with Crippen LogP contribution in [-0.4, -0.2) is 25.3 Å². The molecule has 1 N–H and O–H groups in total. The molecule has 1 aromatic rings. The van der Waals surface area contributed by atoms with Gasteiger partial charge in [0.2, 0.25) is 0 Å². The van der Waals surface area contributed by atoms with E-state index >= 15 is 0 Å². The summed E-state index contributed by atoms with van der Waals surface area (Å²) in [5.41, 5.74) is 0.704. The molecule has 0 radical (unpaired) electrons. The van der Waals surface area contributed by atoms with Crippen LogP contribution in [0.3, 0.4) is 0 Å². The molecule has 88 valence electrons. The number of hydrogen-bond donors (Lipinski definition) is 1. The minimum absolute atomic E-state index is 0.107. The Kier molecular flexibility index (Phi) is 4.65. The van der Waals surface area contributed by atoms with Crippen molar-refractivity contribution in [1.29, 1.82) is 0 Å². The highest BCUT2D eigenvalue weighted by Gasteiger charge is 2.15. The first kappa shape index (κ1) is 12.4. The van der Waals surface area contributed by atoms with Crippen molar-refractivity contribution >= 4 is 5.69 Å². The third-order valence-corrected chi connectivity index (χ3v) is 1.94. The van der Waals surface area contributed by atoms with Crippen LogP contribution in [0.1, 0.15) is 5.56 Å². The molecule has 0 fully saturated rings. The first-order chi connectivity index (χ1) is 7.69. The molecule has 16 heavy (non-hydrogen) atoms. The number of rotatable bonds is 6. The van der Waals surface area contributed by atoms with Crippen LogP contribution < -0.4 is 10.1 Å². The molecule has 6 heteroatoms. The molecule has 1 aromatic carbocycles. The highest BCUT2D eigenvalue weighted by atomic mass is 19.1. The largest absolute Gasteiger partial charge is 0.484 e. The lowest BCUT2D eigenvalue weighted by molar-refractivity contribution is -0.385. The fourth-order valence-electron chi connectivity index (χ4n) is 1.29. The number of nitro benzene ring substituents is 1. The number of benzene rings is 1. The van der Waals surface area contributed by atoms with Crippen LogP contribution in [0.4, 0.5) is 10.1 Å². The predicted octanol–water partition coefficient (Wildman–Crippen LogP) is 1.66. The molecular formula is C10H13FN2O3. The Bertz CT molecular complexity index is 371. The highest BCUT2D eigenvalue weighted by Crippen LogP contribution is 2.27. The standard InChI is InChI=1S/C10H13FN2O3/c1-12-7-8-2-3-9(13(14)15)10(6-8)16-5-4-11/h2-3,6,12H,4-5,7H2,1H3. The lowest BCUT2D eigenvalue weighted by atomic mass is 10.2. The van der Waals surface area contributed by atoms with Crippen LogP contribution in [-0.2, 0) is 6.54 Å². The van der Waals surface area contributed by atoms with Crippen LogP contribution in [0, 0.1) is 10.1 Å². The van der Waals surface area contributed by atoms with Crippen LogP contribution in [0.25, 0.3) is 0 Å². The maximum atomic E-state index is 12.0. The zero-order chi connectivity index (χ0) is 12.0. The van der Waals surface area contributed by atoms with Crippen LogP contribution in [0.5, 0.6) is 5.75 Å². The lowest BCUT2D eigenvalue weighted by Gasteiger charge is -2.07. The Morgan fingerprint density at radius 3 is 2.88 bits per heavy atom. The van der Waals surface area contributed by atoms with Crippen molar-refractivity contribution in [3.05, 3.63) is 33.9 Å². The maximum absolute atomic E-state index is 12.0. The lowest BCUT2D eigenvalue weighted by Crippen LogP contribution is -2.07. The quantitative estimate of drug-likeness (QED) is 0.594. The molecule has 0 aromatic heterocycles. The van der Waals surface area contributed by atoms with Gasteiger partial charge in [0.05, 0.1) is 4.92 Å². The van der Waals surface area contributed by atoms with E-state index in [1.54, 1.807) is 19.2 Å². The minimum atomic E-state index is -0.673. The monoisotopic (exact) mass is 228 g/mol. The van der Waals surface area contributed by atoms with Gasteiger partial charge >= 0.3 is 5.69 Å². The average Bonchev–Trinajstić information content (AvgIpc) is 2.26. The molecule has 0 aliphatic carbocycles. The second-order valence-electron chi connectivity index (χ2n) is 3.13. The summed E-state index contributed by atoms with van der Waals surface area (Å²) >= 11 is 0. The smallest absolute Gasteiger partial charge is 0.310 e. The molecule has 0 atom stereocenters. The molecule has 0 spiro atoms. The predicted molar refractivity (Wildman–Crippen MR) is 57.3 cm³/mol. The van der Waals surface area contributed by atoms with E-state index in [0.29, 0.717) is 6.54 Å². The third-order valence-electron chi connectivity index (χ3n) is 1.94. The number of nitrogens with one attached hydrogen (secondary N) is 1. The van der Waals surface area contributed by atoms with Gasteiger partial charge in [0.25, 0.3) is 0 Å². The number of halogens is 1. The Labute approximate surface area is 92.4 Å². The van der Waals surface area contributed by atoms with Gasteiger partial charge in [-0.05, 0) is 18.7 Å². The normalized spacial score (nSPS) is 10.1. The van der Waals surface area contributed by atoms with E-state index in [4.69, 9.17) is 4.74 Å². The van der Waals surface area contributed by atoms with Gasteiger partial charge in [-0.3, -0.25) is 10.1 Å². The van der Waals surface area contributed by atoms with Crippen molar-refractivity contribution < 1.29 is 14.1 Å². The Morgan fingerprint density at radius 1 is 1.56 bits per heavy atom. The topological polar surface area (TPSA) is 64.4 Å². The summed E-state index contributed by atoms with van der Waals surface area (Å²) in [5, 5.41) is 13.6. The van der Waals surface area contributed by atoms with Gasteiger partial charge in [-0.2, -0.15) is 0 Å². The molecule has 0 bridgehead atoms. The number of nitrogens with zero attached hydrogens (tertiary/aromatic N) is 1. The number of nitro groups is 1. The molecule has 0 saturated heterocycles. The van der Waals surface area contributed by atoms with Crippen molar-refractivity contribution in [3.63, 3.8) is 0 Å². The number of hydrogen-bond acceptors (Lipinski definition) is 4. The van der Waals surface area contributed by atoms with Gasteiger partial charge in [-0.1, -0.05) is 6.07 Å². The fraction of sp³-hybridized carbons (Fsp3) is 0.400. The zero-order valence-corrected chi connectivity index (χ0v) is 8.90. The van der Waals surface area contributed by atoms with Crippen molar-refractivity contribution in [3.8, 4) is 5.75 Å². The summed E-state index contributed by atoms with van der Waals surface area (Å²) in [5.74, 6) is 0.107. The van der Waals surface area contributed by atoms with Gasteiger partial charge < -0.3 is 10.1 Å². The van der Waals surface area contributed by atoms with Crippen molar-refractivity contribution in [2.45, 2.75) is 6.54 Å². The third kappa shape index (κ3) is 3.16. The first-order valence-electron chi connectivity index (χ1n) is 4.79. The maximum Gasteiger partial charge on any atom is 0.310 e. The summed E-state index contributed by atoms with van der Waals surface area (Å²) < 4.78 is 16.9. The molecule has 0 saturated carbocycles. The minimum Gasteiger partial charge on any atom is -0.484 e. The second kappa shape index (κ2) is 6.02. The molecule has 0 aliphatic rings. The van der Waals surface area contributed by atoms with E-state index in [1.165, 1.54) is 6.07 Å². The molecule has 0 heterocycles. The van der Waals surface area contributed by atoms with E-state index in [1.807, 2.05) is 0 Å². The summed E-state index contributed by atoms with van der Waals surface area (Å²) in [6.45, 7) is -0.277. The number of ether oxygens (including phenoxy) is 1. The van der Waals surface area contributed by atoms with Gasteiger partial charge in [-0.15, -0.1) is 0 Å². The van der Waals surface area contributed by atoms with Gasteiger partial charge in [0.15, 0.2) is 5.75 Å². The summed E-state index contributed by atoms with van der Waals surface area (Å²) in [7, 11) is 1.77. The summed E-state index contributed by atoms with van der Waals surface area (Å²) in [6, 6.07) is 4.54. The van der Waals surface area contributed by atoms with Crippen molar-refractivity contribution in [2.24, 2.45) is 0 Å². The zero-order valence-electron chi connectivity index (χ0n) is 8.90. The molecule has 1 rings (SSSR count). The molecule has 0 unspecified atom stereocenters. The van der Waals surface area contributed by atoms with Crippen LogP contribution in [0.2, 0.25) is 0 Å². The van der Waals surface area contributed by atoms with Crippen molar-refractivity contribution in [1.82, 2.24) is 5.32 Å². The van der Waals surface area contributed by atoms with Gasteiger partial charge in [-0.25, -0.2) is 4.39 Å². The van der Waals surface area contributed by atoms with Gasteiger partial charge in [0, 0.05) is 12.6 Å². The summed E-state index contributed by atoms with van der Waals surface area (Å²) in [6.07, 6.45) is 0. The van der Waals surface area contributed by atoms with E-state index in [-0.39, 0.29) is 18.0 Å². The van der Waals surface area contributed by atoms with E-state index < -0.39 is 11.6 Å². The van der Waals surface area contributed by atoms with E-state index in [0.717, 1.165) is 5.56 Å². The highest BCUT2D eigenvalue weighted by molar-refractivity contribution is 5.48. The Morgan fingerprint density at radius 2 is 2.31 bits per heavy atom. The number of alkyl halides is 1. The molecular weight excluding hydrogens is 215 g/mol. The second-order valence-corrected chi connectivity index (χ2v) is 3.13. The Balaban J connectivity index is 2.95. The van der Waals surface area contributed by atoms with Crippen LogP contribution in [0.15, 0.2) is 18.2 Å². The summed E-state index contributed by atoms with van der Waals surface area (Å²) in [4.78, 5) is 10.1. The van der Waals surface area contributed by atoms with E-state index in [9.17, 15) is 14.5 Å².